The highest BCUT2D eigenvalue weighted by molar-refractivity contribution is 9.10. The monoisotopic (exact) mass is 400 g/mol. The van der Waals surface area contributed by atoms with Crippen LogP contribution in [-0.2, 0) is 4.79 Å². The first kappa shape index (κ1) is 17.2. The average Bonchev–Trinajstić information content (AvgIpc) is 2.59. The predicted molar refractivity (Wildman–Crippen MR) is 101 cm³/mol. The lowest BCUT2D eigenvalue weighted by molar-refractivity contribution is -0.118. The Labute approximate surface area is 154 Å². The first-order chi connectivity index (χ1) is 12.0. The van der Waals surface area contributed by atoms with Crippen molar-refractivity contribution in [3.63, 3.8) is 0 Å². The van der Waals surface area contributed by atoms with E-state index in [-0.39, 0.29) is 12.5 Å². The lowest BCUT2D eigenvalue weighted by atomic mass is 10.1. The molecule has 2 aromatic carbocycles. The third kappa shape index (κ3) is 4.28. The van der Waals surface area contributed by atoms with Gasteiger partial charge in [-0.1, -0.05) is 22.0 Å². The Balaban J connectivity index is 1.77. The van der Waals surface area contributed by atoms with Crippen LogP contribution in [0.2, 0.25) is 0 Å². The maximum absolute atomic E-state index is 12.1. The second kappa shape index (κ2) is 7.53. The van der Waals surface area contributed by atoms with Gasteiger partial charge < -0.3 is 14.8 Å². The number of hydrogen-bond donors (Lipinski definition) is 1. The van der Waals surface area contributed by atoms with Gasteiger partial charge in [0.25, 0.3) is 5.91 Å². The van der Waals surface area contributed by atoms with Crippen LogP contribution in [0.4, 0.5) is 5.69 Å². The number of amides is 1. The minimum absolute atomic E-state index is 0.0950. The van der Waals surface area contributed by atoms with Crippen LogP contribution in [-0.4, -0.2) is 24.6 Å². The smallest absolute Gasteiger partial charge is 0.262 e. The van der Waals surface area contributed by atoms with Crippen LogP contribution in [0.3, 0.4) is 0 Å². The molecule has 128 valence electrons. The predicted octanol–water partition coefficient (Wildman–Crippen LogP) is 4.33. The fraction of sp³-hybridized carbons (Fsp3) is 0.158. The molecule has 0 aliphatic heterocycles. The summed E-state index contributed by atoms with van der Waals surface area (Å²) in [5, 5.41) is 3.61. The fourth-order valence-electron chi connectivity index (χ4n) is 2.45. The van der Waals surface area contributed by atoms with Crippen molar-refractivity contribution in [1.82, 2.24) is 4.98 Å². The number of hydrogen-bond acceptors (Lipinski definition) is 4. The van der Waals surface area contributed by atoms with Crippen LogP contribution in [0.25, 0.3) is 10.9 Å². The number of anilines is 1. The Morgan fingerprint density at radius 1 is 1.20 bits per heavy atom. The lowest BCUT2D eigenvalue weighted by Crippen LogP contribution is -2.20. The second-order valence-electron chi connectivity index (χ2n) is 5.49. The number of pyridine rings is 1. The highest BCUT2D eigenvalue weighted by Crippen LogP contribution is 2.29. The van der Waals surface area contributed by atoms with E-state index in [2.05, 4.69) is 26.2 Å². The Kier molecular flexibility index (Phi) is 5.19. The molecule has 6 heteroatoms. The summed E-state index contributed by atoms with van der Waals surface area (Å²) in [7, 11) is 1.61. The third-order valence-corrected chi connectivity index (χ3v) is 4.07. The summed E-state index contributed by atoms with van der Waals surface area (Å²) in [4.78, 5) is 16.6. The van der Waals surface area contributed by atoms with E-state index in [9.17, 15) is 4.79 Å². The van der Waals surface area contributed by atoms with Gasteiger partial charge in [-0.3, -0.25) is 9.78 Å². The van der Waals surface area contributed by atoms with Crippen molar-refractivity contribution in [3.8, 4) is 11.5 Å². The molecular formula is C19H17BrN2O3. The molecule has 0 atom stereocenters. The van der Waals surface area contributed by atoms with Gasteiger partial charge >= 0.3 is 0 Å². The molecule has 0 spiro atoms. The van der Waals surface area contributed by atoms with Crippen molar-refractivity contribution >= 4 is 38.4 Å². The van der Waals surface area contributed by atoms with E-state index >= 15 is 0 Å². The van der Waals surface area contributed by atoms with Crippen molar-refractivity contribution in [2.24, 2.45) is 0 Å². The van der Waals surface area contributed by atoms with Gasteiger partial charge in [0.05, 0.1) is 12.6 Å². The van der Waals surface area contributed by atoms with E-state index < -0.39 is 0 Å². The van der Waals surface area contributed by atoms with Gasteiger partial charge in [0, 0.05) is 27.3 Å². The van der Waals surface area contributed by atoms with Crippen LogP contribution < -0.4 is 14.8 Å². The topological polar surface area (TPSA) is 60.5 Å². The highest BCUT2D eigenvalue weighted by Gasteiger charge is 2.10. The number of rotatable bonds is 5. The molecule has 0 saturated heterocycles. The van der Waals surface area contributed by atoms with Gasteiger partial charge in [0.1, 0.15) is 11.5 Å². The van der Waals surface area contributed by atoms with E-state index in [0.717, 1.165) is 21.1 Å². The molecule has 1 amide bonds. The number of carbonyl (C=O) groups excluding carboxylic acids is 1. The van der Waals surface area contributed by atoms with Crippen LogP contribution in [0.1, 0.15) is 5.69 Å². The number of benzene rings is 2. The molecule has 25 heavy (non-hydrogen) atoms. The normalized spacial score (nSPS) is 10.5. The van der Waals surface area contributed by atoms with E-state index in [1.54, 1.807) is 7.11 Å². The Hall–Kier alpha value is -2.60. The SMILES string of the molecule is COc1ccc2nc(C)cc(OCC(=O)Nc3cccc(Br)c3)c2c1. The van der Waals surface area contributed by atoms with Crippen LogP contribution in [0.5, 0.6) is 11.5 Å². The van der Waals surface area contributed by atoms with Crippen molar-refractivity contribution in [1.29, 1.82) is 0 Å². The summed E-state index contributed by atoms with van der Waals surface area (Å²) in [5.74, 6) is 1.08. The maximum atomic E-state index is 12.1. The van der Waals surface area contributed by atoms with Crippen molar-refractivity contribution in [2.75, 3.05) is 19.0 Å². The molecule has 0 radical (unpaired) electrons. The van der Waals surface area contributed by atoms with Crippen LogP contribution in [0, 0.1) is 6.92 Å². The number of ether oxygens (including phenoxy) is 2. The van der Waals surface area contributed by atoms with Crippen molar-refractivity contribution in [3.05, 3.63) is 58.7 Å². The summed E-state index contributed by atoms with van der Waals surface area (Å²) >= 11 is 3.38. The molecule has 1 heterocycles. The Morgan fingerprint density at radius 2 is 2.04 bits per heavy atom. The summed E-state index contributed by atoms with van der Waals surface area (Å²) in [6.45, 7) is 1.79. The zero-order valence-electron chi connectivity index (χ0n) is 13.9. The third-order valence-electron chi connectivity index (χ3n) is 3.57. The summed E-state index contributed by atoms with van der Waals surface area (Å²) < 4.78 is 11.9. The first-order valence-electron chi connectivity index (χ1n) is 7.69. The van der Waals surface area contributed by atoms with Crippen molar-refractivity contribution < 1.29 is 14.3 Å². The number of fused-ring (bicyclic) bond motifs is 1. The zero-order chi connectivity index (χ0) is 17.8. The molecule has 0 saturated carbocycles. The largest absolute Gasteiger partial charge is 0.497 e. The second-order valence-corrected chi connectivity index (χ2v) is 6.41. The minimum atomic E-state index is -0.233. The van der Waals surface area contributed by atoms with Crippen molar-refractivity contribution in [2.45, 2.75) is 6.92 Å². The standard InChI is InChI=1S/C19H17BrN2O3/c1-12-8-18(16-10-15(24-2)6-7-17(16)21-12)25-11-19(23)22-14-5-3-4-13(20)9-14/h3-10H,11H2,1-2H3,(H,22,23). The van der Waals surface area contributed by atoms with Gasteiger partial charge in [-0.15, -0.1) is 0 Å². The fourth-order valence-corrected chi connectivity index (χ4v) is 2.85. The molecule has 3 aromatic rings. The minimum Gasteiger partial charge on any atom is -0.497 e. The Morgan fingerprint density at radius 3 is 2.80 bits per heavy atom. The molecule has 0 unspecified atom stereocenters. The number of methoxy groups -OCH3 is 1. The van der Waals surface area contributed by atoms with Gasteiger partial charge in [0.2, 0.25) is 0 Å². The summed E-state index contributed by atoms with van der Waals surface area (Å²) in [6.07, 6.45) is 0. The first-order valence-corrected chi connectivity index (χ1v) is 8.48. The molecule has 0 aliphatic rings. The number of carbonyl (C=O) groups is 1. The molecule has 3 rings (SSSR count). The number of nitrogens with one attached hydrogen (secondary N) is 1. The molecule has 5 nitrogen and oxygen atoms in total. The molecule has 1 N–H and O–H groups in total. The van der Waals surface area contributed by atoms with E-state index in [4.69, 9.17) is 9.47 Å². The van der Waals surface area contributed by atoms with Crippen LogP contribution >= 0.6 is 15.9 Å². The average molecular weight is 401 g/mol. The van der Waals surface area contributed by atoms with E-state index in [1.165, 1.54) is 0 Å². The molecular weight excluding hydrogens is 384 g/mol. The summed E-state index contributed by atoms with van der Waals surface area (Å²) in [6, 6.07) is 14.8. The van der Waals surface area contributed by atoms with Gasteiger partial charge in [-0.2, -0.15) is 0 Å². The highest BCUT2D eigenvalue weighted by atomic mass is 79.9. The molecule has 1 aromatic heterocycles. The van der Waals surface area contributed by atoms with Gasteiger partial charge in [-0.25, -0.2) is 0 Å². The number of nitrogens with zero attached hydrogens (tertiary/aromatic N) is 1. The quantitative estimate of drug-likeness (QED) is 0.692. The Bertz CT molecular complexity index is 928. The zero-order valence-corrected chi connectivity index (χ0v) is 15.5. The molecule has 0 bridgehead atoms. The van der Waals surface area contributed by atoms with E-state index in [1.807, 2.05) is 55.5 Å². The van der Waals surface area contributed by atoms with Gasteiger partial charge in [-0.05, 0) is 43.3 Å². The molecule has 0 fully saturated rings. The number of aryl methyl sites for hydroxylation is 1. The maximum Gasteiger partial charge on any atom is 0.262 e. The number of halogens is 1. The van der Waals surface area contributed by atoms with Crippen LogP contribution in [0.15, 0.2) is 53.0 Å². The van der Waals surface area contributed by atoms with E-state index in [0.29, 0.717) is 17.2 Å². The summed E-state index contributed by atoms with van der Waals surface area (Å²) in [5.41, 5.74) is 2.32. The number of aromatic nitrogens is 1. The molecule has 0 aliphatic carbocycles. The lowest BCUT2D eigenvalue weighted by Gasteiger charge is -2.11. The van der Waals surface area contributed by atoms with Gasteiger partial charge in [0.15, 0.2) is 6.61 Å².